The minimum absolute atomic E-state index is 0.0529. The minimum atomic E-state index is -0.264. The van der Waals surface area contributed by atoms with E-state index in [2.05, 4.69) is 29.7 Å². The van der Waals surface area contributed by atoms with Crippen molar-refractivity contribution < 1.29 is 13.9 Å². The summed E-state index contributed by atoms with van der Waals surface area (Å²) in [4.78, 5) is 15.6. The van der Waals surface area contributed by atoms with Gasteiger partial charge in [-0.15, -0.1) is 0 Å². The van der Waals surface area contributed by atoms with Crippen molar-refractivity contribution in [3.63, 3.8) is 0 Å². The summed E-state index contributed by atoms with van der Waals surface area (Å²) in [5.41, 5.74) is 5.87. The average molecular weight is 471 g/mol. The Labute approximate surface area is 205 Å². The molecule has 0 unspecified atom stereocenters. The molecule has 0 bridgehead atoms. The Kier molecular flexibility index (Phi) is 6.69. The molecule has 0 spiro atoms. The first kappa shape index (κ1) is 23.3. The van der Waals surface area contributed by atoms with Crippen LogP contribution in [0.2, 0.25) is 0 Å². The average Bonchev–Trinajstić information content (AvgIpc) is 3.33. The van der Waals surface area contributed by atoms with Gasteiger partial charge >= 0.3 is 0 Å². The second kappa shape index (κ2) is 10.0. The van der Waals surface area contributed by atoms with E-state index in [4.69, 9.17) is 4.74 Å². The molecule has 1 aromatic heterocycles. The predicted molar refractivity (Wildman–Crippen MR) is 138 cm³/mol. The molecule has 0 fully saturated rings. The molecule has 1 aliphatic rings. The first-order chi connectivity index (χ1) is 17.1. The molecule has 0 radical (unpaired) electrons. The molecular weight excluding hydrogens is 439 g/mol. The maximum absolute atomic E-state index is 13.8. The molecule has 1 amide bonds. The molecular formula is C30H31FN2O2. The highest BCUT2D eigenvalue weighted by molar-refractivity contribution is 6.02. The van der Waals surface area contributed by atoms with Gasteiger partial charge in [-0.1, -0.05) is 49.7 Å². The molecule has 5 heteroatoms. The van der Waals surface area contributed by atoms with Crippen LogP contribution in [0.5, 0.6) is 0 Å². The smallest absolute Gasteiger partial charge is 0.255 e. The predicted octanol–water partition coefficient (Wildman–Crippen LogP) is 6.74. The number of benzene rings is 3. The van der Waals surface area contributed by atoms with E-state index in [1.165, 1.54) is 12.1 Å². The van der Waals surface area contributed by atoms with E-state index in [1.807, 2.05) is 54.4 Å². The van der Waals surface area contributed by atoms with Crippen molar-refractivity contribution in [3.05, 3.63) is 95.3 Å². The number of amides is 1. The monoisotopic (exact) mass is 470 g/mol. The fourth-order valence-electron chi connectivity index (χ4n) is 5.25. The number of hydrogen-bond donors (Lipinski definition) is 0. The van der Waals surface area contributed by atoms with Gasteiger partial charge < -0.3 is 14.2 Å². The van der Waals surface area contributed by atoms with Crippen LogP contribution in [-0.2, 0) is 11.8 Å². The zero-order chi connectivity index (χ0) is 24.4. The SMILES string of the molecule is CCCCOCCCN1C(=O)c2ccccc2[C@@H]1c1c(-c2ccc(F)cc2)n(C)c2ccccc12. The summed E-state index contributed by atoms with van der Waals surface area (Å²) >= 11 is 0. The van der Waals surface area contributed by atoms with E-state index in [9.17, 15) is 9.18 Å². The molecule has 2 heterocycles. The number of aryl methyl sites for hydroxylation is 1. The van der Waals surface area contributed by atoms with Gasteiger partial charge in [-0.3, -0.25) is 4.79 Å². The lowest BCUT2D eigenvalue weighted by Crippen LogP contribution is -2.30. The van der Waals surface area contributed by atoms with Crippen LogP contribution in [0.4, 0.5) is 4.39 Å². The number of hydrogen-bond acceptors (Lipinski definition) is 2. The summed E-state index contributed by atoms with van der Waals surface area (Å²) in [6, 6.07) is 22.6. The van der Waals surface area contributed by atoms with Crippen molar-refractivity contribution in [2.24, 2.45) is 7.05 Å². The van der Waals surface area contributed by atoms with E-state index < -0.39 is 0 Å². The lowest BCUT2D eigenvalue weighted by molar-refractivity contribution is 0.0709. The number of para-hydroxylation sites is 1. The molecule has 180 valence electrons. The maximum Gasteiger partial charge on any atom is 0.255 e. The van der Waals surface area contributed by atoms with Gasteiger partial charge in [0.15, 0.2) is 0 Å². The second-order valence-corrected chi connectivity index (χ2v) is 9.15. The lowest BCUT2D eigenvalue weighted by Gasteiger charge is -2.27. The van der Waals surface area contributed by atoms with Gasteiger partial charge in [0.2, 0.25) is 0 Å². The van der Waals surface area contributed by atoms with E-state index in [1.54, 1.807) is 0 Å². The van der Waals surface area contributed by atoms with Crippen molar-refractivity contribution in [3.8, 4) is 11.3 Å². The summed E-state index contributed by atoms with van der Waals surface area (Å²) in [5.74, 6) is -0.211. The van der Waals surface area contributed by atoms with Gasteiger partial charge in [-0.05, 0) is 60.4 Å². The normalized spacial score (nSPS) is 15.2. The van der Waals surface area contributed by atoms with Crippen LogP contribution in [0.25, 0.3) is 22.2 Å². The van der Waals surface area contributed by atoms with Gasteiger partial charge in [0.25, 0.3) is 5.91 Å². The maximum atomic E-state index is 13.8. The summed E-state index contributed by atoms with van der Waals surface area (Å²) < 4.78 is 21.7. The topological polar surface area (TPSA) is 34.5 Å². The second-order valence-electron chi connectivity index (χ2n) is 9.15. The van der Waals surface area contributed by atoms with Gasteiger partial charge in [0.1, 0.15) is 5.82 Å². The third-order valence-electron chi connectivity index (χ3n) is 6.93. The first-order valence-electron chi connectivity index (χ1n) is 12.4. The first-order valence-corrected chi connectivity index (χ1v) is 12.4. The molecule has 35 heavy (non-hydrogen) atoms. The standard InChI is InChI=1S/C30H31FN2O2/c1-3-4-19-35-20-9-18-33-29(23-10-5-6-11-24(23)30(33)34)27-25-12-7-8-13-26(25)32(2)28(27)21-14-16-22(31)17-15-21/h5-8,10-17,29H,3-4,9,18-20H2,1-2H3/t29-/m1/s1. The zero-order valence-electron chi connectivity index (χ0n) is 20.3. The molecule has 4 aromatic rings. The summed E-state index contributed by atoms with van der Waals surface area (Å²) in [5, 5.41) is 1.10. The molecule has 0 N–H and O–H groups in total. The molecule has 4 nitrogen and oxygen atoms in total. The van der Waals surface area contributed by atoms with Crippen LogP contribution in [0.15, 0.2) is 72.8 Å². The fraction of sp³-hybridized carbons (Fsp3) is 0.300. The van der Waals surface area contributed by atoms with Crippen molar-refractivity contribution in [1.82, 2.24) is 9.47 Å². The van der Waals surface area contributed by atoms with E-state index in [0.717, 1.165) is 64.7 Å². The molecule has 0 saturated carbocycles. The number of carbonyl (C=O) groups is 1. The molecule has 5 rings (SSSR count). The Morgan fingerprint density at radius 3 is 2.43 bits per heavy atom. The molecule has 1 atom stereocenters. The number of carbonyl (C=O) groups excluding carboxylic acids is 1. The third kappa shape index (κ3) is 4.25. The van der Waals surface area contributed by atoms with Gasteiger partial charge in [0, 0.05) is 48.8 Å². The summed E-state index contributed by atoms with van der Waals surface area (Å²) in [6.45, 7) is 4.15. The Morgan fingerprint density at radius 1 is 0.914 bits per heavy atom. The number of unbranched alkanes of at least 4 members (excludes halogenated alkanes) is 1. The van der Waals surface area contributed by atoms with Crippen LogP contribution < -0.4 is 0 Å². The Balaban J connectivity index is 1.62. The van der Waals surface area contributed by atoms with E-state index in [0.29, 0.717) is 13.2 Å². The quantitative estimate of drug-likeness (QED) is 0.254. The number of ether oxygens (including phenoxy) is 1. The number of halogens is 1. The Bertz CT molecular complexity index is 1340. The van der Waals surface area contributed by atoms with Crippen LogP contribution in [0.1, 0.15) is 53.7 Å². The van der Waals surface area contributed by atoms with Gasteiger partial charge in [-0.2, -0.15) is 0 Å². The largest absolute Gasteiger partial charge is 0.381 e. The van der Waals surface area contributed by atoms with Gasteiger partial charge in [0.05, 0.1) is 11.7 Å². The van der Waals surface area contributed by atoms with Crippen molar-refractivity contribution >= 4 is 16.8 Å². The van der Waals surface area contributed by atoms with E-state index >= 15 is 0 Å². The Hall–Kier alpha value is -3.44. The van der Waals surface area contributed by atoms with Crippen LogP contribution >= 0.6 is 0 Å². The lowest BCUT2D eigenvalue weighted by atomic mass is 9.93. The molecule has 0 saturated heterocycles. The highest BCUT2D eigenvalue weighted by Gasteiger charge is 2.40. The fourth-order valence-corrected chi connectivity index (χ4v) is 5.25. The van der Waals surface area contributed by atoms with Crippen molar-refractivity contribution in [2.75, 3.05) is 19.8 Å². The third-order valence-corrected chi connectivity index (χ3v) is 6.93. The van der Waals surface area contributed by atoms with Crippen molar-refractivity contribution in [2.45, 2.75) is 32.2 Å². The van der Waals surface area contributed by atoms with E-state index in [-0.39, 0.29) is 17.8 Å². The minimum Gasteiger partial charge on any atom is -0.381 e. The summed E-state index contributed by atoms with van der Waals surface area (Å²) in [6.07, 6.45) is 2.93. The van der Waals surface area contributed by atoms with Crippen LogP contribution in [0, 0.1) is 5.82 Å². The summed E-state index contributed by atoms with van der Waals surface area (Å²) in [7, 11) is 2.04. The molecule has 3 aromatic carbocycles. The van der Waals surface area contributed by atoms with Crippen LogP contribution in [0.3, 0.4) is 0 Å². The zero-order valence-corrected chi connectivity index (χ0v) is 20.3. The molecule has 1 aliphatic heterocycles. The number of rotatable bonds is 9. The number of nitrogens with zero attached hydrogens (tertiary/aromatic N) is 2. The number of fused-ring (bicyclic) bond motifs is 2. The van der Waals surface area contributed by atoms with Crippen molar-refractivity contribution in [1.29, 1.82) is 0 Å². The van der Waals surface area contributed by atoms with Crippen LogP contribution in [-0.4, -0.2) is 35.1 Å². The van der Waals surface area contributed by atoms with Gasteiger partial charge in [-0.25, -0.2) is 4.39 Å². The highest BCUT2D eigenvalue weighted by Crippen LogP contribution is 2.46. The molecule has 0 aliphatic carbocycles. The number of aromatic nitrogens is 1. The Morgan fingerprint density at radius 2 is 1.63 bits per heavy atom. The highest BCUT2D eigenvalue weighted by atomic mass is 19.1.